The van der Waals surface area contributed by atoms with Crippen LogP contribution in [0.4, 0.5) is 0 Å². The Bertz CT molecular complexity index is 88.2. The van der Waals surface area contributed by atoms with Gasteiger partial charge in [-0.05, 0) is 13.3 Å². The Morgan fingerprint density at radius 2 is 1.64 bits per heavy atom. The molecule has 0 aromatic carbocycles. The summed E-state index contributed by atoms with van der Waals surface area (Å²) in [5.74, 6) is 0. The van der Waals surface area contributed by atoms with Gasteiger partial charge in [-0.2, -0.15) is 0 Å². The van der Waals surface area contributed by atoms with E-state index in [1.165, 1.54) is 5.57 Å². The van der Waals surface area contributed by atoms with Crippen molar-refractivity contribution in [1.29, 1.82) is 0 Å². The second-order valence-electron chi connectivity index (χ2n) is 1.42. The fourth-order valence-electron chi connectivity index (χ4n) is 0.466. The summed E-state index contributed by atoms with van der Waals surface area (Å²) in [4.78, 5) is 0. The van der Waals surface area contributed by atoms with E-state index in [4.69, 9.17) is 0 Å². The maximum absolute atomic E-state index is 3.63. The van der Waals surface area contributed by atoms with Gasteiger partial charge in [-0.3, -0.25) is 0 Å². The fraction of sp³-hybridized carbons (Fsp3) is 0.455. The van der Waals surface area contributed by atoms with E-state index in [0.29, 0.717) is 0 Å². The quantitative estimate of drug-likeness (QED) is 0.409. The van der Waals surface area contributed by atoms with Gasteiger partial charge >= 0.3 is 0 Å². The first-order valence-electron chi connectivity index (χ1n) is 4.12. The number of hydrogen-bond donors (Lipinski definition) is 0. The zero-order chi connectivity index (χ0) is 9.70. The molecule has 0 aliphatic rings. The zero-order valence-corrected chi connectivity index (χ0v) is 8.48. The van der Waals surface area contributed by atoms with E-state index in [1.807, 2.05) is 26.8 Å². The van der Waals surface area contributed by atoms with Gasteiger partial charge in [0.05, 0.1) is 0 Å². The molecule has 66 valence electrons. The molecule has 0 aromatic heterocycles. The van der Waals surface area contributed by atoms with Gasteiger partial charge in [0.15, 0.2) is 0 Å². The second-order valence-corrected chi connectivity index (χ2v) is 1.42. The first kappa shape index (κ1) is 16.7. The maximum atomic E-state index is 3.63. The monoisotopic (exact) mass is 154 g/mol. The molecule has 0 aliphatic carbocycles. The van der Waals surface area contributed by atoms with E-state index in [1.54, 1.807) is 0 Å². The smallest absolute Gasteiger partial charge is 0.0311 e. The first-order valence-corrected chi connectivity index (χ1v) is 4.12. The van der Waals surface area contributed by atoms with E-state index in [2.05, 4.69) is 32.7 Å². The van der Waals surface area contributed by atoms with Crippen LogP contribution in [0.25, 0.3) is 0 Å². The highest BCUT2D eigenvalue weighted by molar-refractivity contribution is 5.13. The molecule has 0 amide bonds. The van der Waals surface area contributed by atoms with E-state index in [-0.39, 0.29) is 0 Å². The lowest BCUT2D eigenvalue weighted by molar-refractivity contribution is 1.14. The van der Waals surface area contributed by atoms with Crippen molar-refractivity contribution in [3.8, 4) is 0 Å². The van der Waals surface area contributed by atoms with Gasteiger partial charge in [-0.25, -0.2) is 0 Å². The summed E-state index contributed by atoms with van der Waals surface area (Å²) in [5, 5.41) is 0. The molecule has 0 heterocycles. The van der Waals surface area contributed by atoms with Gasteiger partial charge in [-0.1, -0.05) is 45.1 Å². The standard InChI is InChI=1S/C7H12.C2H6.C2H4/c1-4-7(5-2)6-3;2*1-2/h4-5H,1,6H2,2-3H3;1-2H3;1-2H2/b7-5+;;. The molecule has 0 bridgehead atoms. The summed E-state index contributed by atoms with van der Waals surface area (Å²) < 4.78 is 0. The highest BCUT2D eigenvalue weighted by atomic mass is 13.8. The summed E-state index contributed by atoms with van der Waals surface area (Å²) in [5.41, 5.74) is 1.32. The third-order valence-electron chi connectivity index (χ3n) is 1.04. The molecule has 0 atom stereocenters. The van der Waals surface area contributed by atoms with Gasteiger partial charge in [0.1, 0.15) is 0 Å². The van der Waals surface area contributed by atoms with Gasteiger partial charge in [0, 0.05) is 0 Å². The SMILES string of the molecule is C=C.C=C/C(=C\C)CC.CC. The van der Waals surface area contributed by atoms with E-state index < -0.39 is 0 Å². The Balaban J connectivity index is -0.000000138. The fourth-order valence-corrected chi connectivity index (χ4v) is 0.466. The molecule has 0 aromatic rings. The Kier molecular flexibility index (Phi) is 34.6. The van der Waals surface area contributed by atoms with Crippen molar-refractivity contribution < 1.29 is 0 Å². The van der Waals surface area contributed by atoms with Crippen LogP contribution in [0.3, 0.4) is 0 Å². The Labute approximate surface area is 72.3 Å². The highest BCUT2D eigenvalue weighted by Gasteiger charge is 1.77. The number of rotatable bonds is 2. The molecule has 0 saturated carbocycles. The van der Waals surface area contributed by atoms with Crippen LogP contribution < -0.4 is 0 Å². The average Bonchev–Trinajstić information content (AvgIpc) is 2.14. The predicted octanol–water partition coefficient (Wildman–Crippen LogP) is 4.36. The zero-order valence-electron chi connectivity index (χ0n) is 8.48. The highest BCUT2D eigenvalue weighted by Crippen LogP contribution is 1.98. The van der Waals surface area contributed by atoms with Gasteiger partial charge < -0.3 is 0 Å². The summed E-state index contributed by atoms with van der Waals surface area (Å²) in [6.07, 6.45) is 5.06. The molecule has 0 N–H and O–H groups in total. The molecule has 0 rings (SSSR count). The maximum Gasteiger partial charge on any atom is -0.0311 e. The lowest BCUT2D eigenvalue weighted by Crippen LogP contribution is -1.67. The first-order chi connectivity index (χ1) is 5.35. The van der Waals surface area contributed by atoms with Crippen LogP contribution >= 0.6 is 0 Å². The molecular weight excluding hydrogens is 132 g/mol. The third kappa shape index (κ3) is 17.6. The van der Waals surface area contributed by atoms with Gasteiger partial charge in [-0.15, -0.1) is 13.2 Å². The Morgan fingerprint density at radius 1 is 1.27 bits per heavy atom. The van der Waals surface area contributed by atoms with Crippen LogP contribution in [0.5, 0.6) is 0 Å². The topological polar surface area (TPSA) is 0 Å². The summed E-state index contributed by atoms with van der Waals surface area (Å²) in [6, 6.07) is 0. The van der Waals surface area contributed by atoms with Crippen LogP contribution in [0.2, 0.25) is 0 Å². The van der Waals surface area contributed by atoms with Crippen LogP contribution in [0.15, 0.2) is 37.5 Å². The lowest BCUT2D eigenvalue weighted by atomic mass is 10.2. The van der Waals surface area contributed by atoms with Crippen molar-refractivity contribution in [1.82, 2.24) is 0 Å². The molecule has 0 heteroatoms. The van der Waals surface area contributed by atoms with Crippen molar-refractivity contribution in [3.63, 3.8) is 0 Å². The number of allylic oxidation sites excluding steroid dienone is 3. The largest absolute Gasteiger partial charge is 0.106 e. The molecule has 0 radical (unpaired) electrons. The second kappa shape index (κ2) is 22.9. The normalized spacial score (nSPS) is 8.18. The lowest BCUT2D eigenvalue weighted by Gasteiger charge is -1.88. The molecule has 0 fully saturated rings. The summed E-state index contributed by atoms with van der Waals surface area (Å²) >= 11 is 0. The molecule has 0 unspecified atom stereocenters. The molecule has 0 aliphatic heterocycles. The molecular formula is C11H22. The summed E-state index contributed by atoms with van der Waals surface area (Å²) in [6.45, 7) is 17.8. The summed E-state index contributed by atoms with van der Waals surface area (Å²) in [7, 11) is 0. The molecule has 11 heavy (non-hydrogen) atoms. The van der Waals surface area contributed by atoms with Crippen LogP contribution in [0.1, 0.15) is 34.1 Å². The minimum Gasteiger partial charge on any atom is -0.106 e. The third-order valence-corrected chi connectivity index (χ3v) is 1.04. The van der Waals surface area contributed by atoms with Crippen LogP contribution in [-0.2, 0) is 0 Å². The number of hydrogen-bond acceptors (Lipinski definition) is 0. The minimum atomic E-state index is 1.10. The van der Waals surface area contributed by atoms with Gasteiger partial charge in [0.25, 0.3) is 0 Å². The van der Waals surface area contributed by atoms with Crippen molar-refractivity contribution >= 4 is 0 Å². The predicted molar refractivity (Wildman–Crippen MR) is 56.8 cm³/mol. The van der Waals surface area contributed by atoms with Crippen molar-refractivity contribution in [2.75, 3.05) is 0 Å². The minimum absolute atomic E-state index is 1.10. The Morgan fingerprint density at radius 3 is 1.64 bits per heavy atom. The van der Waals surface area contributed by atoms with E-state index in [0.717, 1.165) is 6.42 Å². The van der Waals surface area contributed by atoms with E-state index >= 15 is 0 Å². The molecule has 0 spiro atoms. The van der Waals surface area contributed by atoms with Crippen molar-refractivity contribution in [2.45, 2.75) is 34.1 Å². The van der Waals surface area contributed by atoms with Gasteiger partial charge in [0.2, 0.25) is 0 Å². The van der Waals surface area contributed by atoms with Crippen molar-refractivity contribution in [2.24, 2.45) is 0 Å². The van der Waals surface area contributed by atoms with Crippen molar-refractivity contribution in [3.05, 3.63) is 37.5 Å². The van der Waals surface area contributed by atoms with Crippen LogP contribution in [-0.4, -0.2) is 0 Å². The van der Waals surface area contributed by atoms with E-state index in [9.17, 15) is 0 Å². The van der Waals surface area contributed by atoms with Crippen LogP contribution in [0, 0.1) is 0 Å². The molecule has 0 saturated heterocycles. The average molecular weight is 154 g/mol. The Hall–Kier alpha value is -0.780. The molecule has 0 nitrogen and oxygen atoms in total.